The molecule has 1 aromatic carbocycles. The molecule has 1 aromatic heterocycles. The molecule has 2 aromatic rings. The van der Waals surface area contributed by atoms with Gasteiger partial charge in [0.2, 0.25) is 5.91 Å². The minimum Gasteiger partial charge on any atom is -0.325 e. The number of aromatic nitrogens is 3. The Balaban J connectivity index is 1.63. The first-order chi connectivity index (χ1) is 11.2. The van der Waals surface area contributed by atoms with Crippen molar-refractivity contribution in [2.45, 2.75) is 43.1 Å². The molecule has 1 heterocycles. The zero-order valence-corrected chi connectivity index (χ0v) is 14.0. The number of carbonyl (C=O) groups excluding carboxylic acids is 1. The Morgan fingerprint density at radius 2 is 2.30 bits per heavy atom. The Morgan fingerprint density at radius 1 is 1.48 bits per heavy atom. The first-order valence-corrected chi connectivity index (χ1v) is 8.63. The fraction of sp³-hybridized carbons (Fsp3) is 0.353. The zero-order chi connectivity index (χ0) is 16.2. The summed E-state index contributed by atoms with van der Waals surface area (Å²) in [6.45, 7) is 6.22. The maximum absolute atomic E-state index is 12.4. The molecular weight excluding hydrogens is 308 g/mol. The number of benzene rings is 1. The highest BCUT2D eigenvalue weighted by Crippen LogP contribution is 2.26. The number of nitrogens with one attached hydrogen (secondary N) is 1. The predicted octanol–water partition coefficient (Wildman–Crippen LogP) is 3.07. The van der Waals surface area contributed by atoms with E-state index < -0.39 is 0 Å². The number of rotatable bonds is 6. The molecule has 23 heavy (non-hydrogen) atoms. The van der Waals surface area contributed by atoms with Crippen molar-refractivity contribution in [2.75, 3.05) is 5.32 Å². The standard InChI is InChI=1S/C17H20N4OS/c1-3-9-21-11-18-20-17(21)23-12(2)16(22)19-15-8-7-13-5-4-6-14(13)10-15/h3,7-8,10-12H,1,4-6,9H2,2H3,(H,19,22)/t12-/m0/s1. The Kier molecular flexibility index (Phi) is 4.81. The van der Waals surface area contributed by atoms with E-state index in [0.717, 1.165) is 23.7 Å². The topological polar surface area (TPSA) is 59.8 Å². The summed E-state index contributed by atoms with van der Waals surface area (Å²) in [7, 11) is 0. The summed E-state index contributed by atoms with van der Waals surface area (Å²) < 4.78 is 1.87. The highest BCUT2D eigenvalue weighted by Gasteiger charge is 2.18. The molecule has 120 valence electrons. The van der Waals surface area contributed by atoms with Gasteiger partial charge in [-0.2, -0.15) is 0 Å². The minimum atomic E-state index is -0.254. The largest absolute Gasteiger partial charge is 0.325 e. The smallest absolute Gasteiger partial charge is 0.237 e. The fourth-order valence-electron chi connectivity index (χ4n) is 2.71. The SMILES string of the molecule is C=CCn1cnnc1S[C@@H](C)C(=O)Nc1ccc2c(c1)CCC2. The van der Waals surface area contributed by atoms with E-state index in [2.05, 4.69) is 34.2 Å². The number of anilines is 1. The summed E-state index contributed by atoms with van der Waals surface area (Å²) in [6.07, 6.45) is 6.89. The second-order valence-electron chi connectivity index (χ2n) is 5.64. The molecule has 0 saturated carbocycles. The van der Waals surface area contributed by atoms with Crippen molar-refractivity contribution in [3.05, 3.63) is 48.3 Å². The normalized spacial score (nSPS) is 14.3. The number of allylic oxidation sites excluding steroid dienone is 1. The van der Waals surface area contributed by atoms with Crippen LogP contribution in [0.25, 0.3) is 0 Å². The summed E-state index contributed by atoms with van der Waals surface area (Å²) in [5, 5.41) is 11.4. The molecule has 1 atom stereocenters. The van der Waals surface area contributed by atoms with Crippen LogP contribution < -0.4 is 5.32 Å². The van der Waals surface area contributed by atoms with Gasteiger partial charge in [0.25, 0.3) is 0 Å². The molecule has 0 bridgehead atoms. The van der Waals surface area contributed by atoms with Crippen LogP contribution in [0.5, 0.6) is 0 Å². The fourth-order valence-corrected chi connectivity index (χ4v) is 3.54. The summed E-state index contributed by atoms with van der Waals surface area (Å²) in [5.41, 5.74) is 3.63. The summed E-state index contributed by atoms with van der Waals surface area (Å²) in [5.74, 6) is -0.0268. The predicted molar refractivity (Wildman–Crippen MR) is 92.6 cm³/mol. The third kappa shape index (κ3) is 3.64. The molecule has 0 spiro atoms. The molecule has 0 fully saturated rings. The van der Waals surface area contributed by atoms with E-state index in [1.165, 1.54) is 29.3 Å². The van der Waals surface area contributed by atoms with Crippen LogP contribution >= 0.6 is 11.8 Å². The Morgan fingerprint density at radius 3 is 3.13 bits per heavy atom. The van der Waals surface area contributed by atoms with Crippen molar-refractivity contribution in [2.24, 2.45) is 0 Å². The average Bonchev–Trinajstić information content (AvgIpc) is 3.16. The van der Waals surface area contributed by atoms with Crippen LogP contribution in [-0.4, -0.2) is 25.9 Å². The molecule has 0 saturated heterocycles. The van der Waals surface area contributed by atoms with Gasteiger partial charge in [-0.05, 0) is 49.4 Å². The van der Waals surface area contributed by atoms with E-state index in [0.29, 0.717) is 6.54 Å². The average molecular weight is 328 g/mol. The van der Waals surface area contributed by atoms with Gasteiger partial charge in [0.1, 0.15) is 6.33 Å². The van der Waals surface area contributed by atoms with Crippen LogP contribution in [0.15, 0.2) is 42.3 Å². The van der Waals surface area contributed by atoms with Crippen molar-refractivity contribution in [3.63, 3.8) is 0 Å². The van der Waals surface area contributed by atoms with E-state index in [-0.39, 0.29) is 11.2 Å². The Hall–Kier alpha value is -2.08. The van der Waals surface area contributed by atoms with Gasteiger partial charge in [0.15, 0.2) is 5.16 Å². The van der Waals surface area contributed by atoms with E-state index in [4.69, 9.17) is 0 Å². The minimum absolute atomic E-state index is 0.0268. The molecule has 1 amide bonds. The van der Waals surface area contributed by atoms with Gasteiger partial charge in [-0.3, -0.25) is 4.79 Å². The molecule has 5 nitrogen and oxygen atoms in total. The van der Waals surface area contributed by atoms with Gasteiger partial charge < -0.3 is 9.88 Å². The maximum Gasteiger partial charge on any atom is 0.237 e. The monoisotopic (exact) mass is 328 g/mol. The van der Waals surface area contributed by atoms with Crippen molar-refractivity contribution in [3.8, 4) is 0 Å². The van der Waals surface area contributed by atoms with Crippen molar-refractivity contribution >= 4 is 23.4 Å². The number of fused-ring (bicyclic) bond motifs is 1. The van der Waals surface area contributed by atoms with Crippen molar-refractivity contribution < 1.29 is 4.79 Å². The molecule has 3 rings (SSSR count). The second-order valence-corrected chi connectivity index (χ2v) is 6.95. The molecule has 0 radical (unpaired) electrons. The Bertz CT molecular complexity index is 725. The van der Waals surface area contributed by atoms with E-state index in [1.807, 2.05) is 17.6 Å². The number of thioether (sulfide) groups is 1. The first kappa shape index (κ1) is 15.8. The number of carbonyl (C=O) groups is 1. The lowest BCUT2D eigenvalue weighted by molar-refractivity contribution is -0.115. The number of nitrogens with zero attached hydrogens (tertiary/aromatic N) is 3. The number of hydrogen-bond acceptors (Lipinski definition) is 4. The first-order valence-electron chi connectivity index (χ1n) is 7.75. The highest BCUT2D eigenvalue weighted by molar-refractivity contribution is 8.00. The van der Waals surface area contributed by atoms with Crippen LogP contribution in [0.4, 0.5) is 5.69 Å². The van der Waals surface area contributed by atoms with Gasteiger partial charge in [-0.1, -0.05) is 23.9 Å². The van der Waals surface area contributed by atoms with Crippen LogP contribution in [0.3, 0.4) is 0 Å². The molecule has 1 N–H and O–H groups in total. The van der Waals surface area contributed by atoms with Gasteiger partial charge in [0.05, 0.1) is 5.25 Å². The maximum atomic E-state index is 12.4. The van der Waals surface area contributed by atoms with Crippen LogP contribution in [0.1, 0.15) is 24.5 Å². The lowest BCUT2D eigenvalue weighted by atomic mass is 10.1. The highest BCUT2D eigenvalue weighted by atomic mass is 32.2. The van der Waals surface area contributed by atoms with Crippen molar-refractivity contribution in [1.82, 2.24) is 14.8 Å². The molecule has 6 heteroatoms. The van der Waals surface area contributed by atoms with Gasteiger partial charge >= 0.3 is 0 Å². The van der Waals surface area contributed by atoms with E-state index in [1.54, 1.807) is 12.4 Å². The quantitative estimate of drug-likeness (QED) is 0.654. The van der Waals surface area contributed by atoms with Crippen LogP contribution in [0.2, 0.25) is 0 Å². The lowest BCUT2D eigenvalue weighted by Gasteiger charge is -2.12. The molecule has 0 unspecified atom stereocenters. The van der Waals surface area contributed by atoms with E-state index in [9.17, 15) is 4.79 Å². The second kappa shape index (κ2) is 7.00. The number of amides is 1. The van der Waals surface area contributed by atoms with Gasteiger partial charge in [-0.15, -0.1) is 16.8 Å². The third-order valence-corrected chi connectivity index (χ3v) is 5.02. The van der Waals surface area contributed by atoms with E-state index >= 15 is 0 Å². The summed E-state index contributed by atoms with van der Waals surface area (Å²) in [6, 6.07) is 6.20. The van der Waals surface area contributed by atoms with Crippen LogP contribution in [0, 0.1) is 0 Å². The molecular formula is C17H20N4OS. The summed E-state index contributed by atoms with van der Waals surface area (Å²) in [4.78, 5) is 12.4. The van der Waals surface area contributed by atoms with Gasteiger partial charge in [0, 0.05) is 12.2 Å². The lowest BCUT2D eigenvalue weighted by Crippen LogP contribution is -2.23. The summed E-state index contributed by atoms with van der Waals surface area (Å²) >= 11 is 1.40. The molecule has 1 aliphatic carbocycles. The number of hydrogen-bond donors (Lipinski definition) is 1. The molecule has 0 aliphatic heterocycles. The molecule has 1 aliphatic rings. The Labute approximate surface area is 140 Å². The van der Waals surface area contributed by atoms with Gasteiger partial charge in [-0.25, -0.2) is 0 Å². The third-order valence-electron chi connectivity index (χ3n) is 3.92. The van der Waals surface area contributed by atoms with Crippen molar-refractivity contribution in [1.29, 1.82) is 0 Å². The zero-order valence-electron chi connectivity index (χ0n) is 13.2. The van der Waals surface area contributed by atoms with Crippen LogP contribution in [-0.2, 0) is 24.2 Å². The number of aryl methyl sites for hydroxylation is 2.